The standard InChI is InChI=1S/C17H23N3O4/c1-23-15-5-2-12(16(21)19-13-3-4-13)8-14(15)20-17(22)18-9-11-6-7-24-10-11/h2,5,8,11,13H,3-4,6-7,9-10H2,1H3,(H,19,21)(H2,18,20,22)/t11-/m0/s1. The van der Waals surface area contributed by atoms with Gasteiger partial charge in [0.2, 0.25) is 0 Å². The Kier molecular flexibility index (Phi) is 5.20. The highest BCUT2D eigenvalue weighted by atomic mass is 16.5. The average Bonchev–Trinajstić information content (AvgIpc) is 3.24. The van der Waals surface area contributed by atoms with Gasteiger partial charge in [-0.25, -0.2) is 4.79 Å². The third-order valence-corrected chi connectivity index (χ3v) is 4.20. The molecule has 1 heterocycles. The van der Waals surface area contributed by atoms with Gasteiger partial charge in [-0.05, 0) is 37.5 Å². The number of urea groups is 1. The van der Waals surface area contributed by atoms with E-state index in [0.717, 1.165) is 25.9 Å². The van der Waals surface area contributed by atoms with Crippen LogP contribution in [-0.4, -0.2) is 44.8 Å². The van der Waals surface area contributed by atoms with Crippen molar-refractivity contribution in [2.45, 2.75) is 25.3 Å². The van der Waals surface area contributed by atoms with Crippen LogP contribution in [0.15, 0.2) is 18.2 Å². The van der Waals surface area contributed by atoms with Gasteiger partial charge in [-0.2, -0.15) is 0 Å². The van der Waals surface area contributed by atoms with Crippen LogP contribution in [0, 0.1) is 5.92 Å². The summed E-state index contributed by atoms with van der Waals surface area (Å²) in [4.78, 5) is 24.2. The summed E-state index contributed by atoms with van der Waals surface area (Å²) in [5.74, 6) is 0.734. The van der Waals surface area contributed by atoms with Gasteiger partial charge < -0.3 is 25.4 Å². The molecule has 0 unspecified atom stereocenters. The topological polar surface area (TPSA) is 88.7 Å². The molecule has 130 valence electrons. The van der Waals surface area contributed by atoms with Crippen molar-refractivity contribution in [3.63, 3.8) is 0 Å². The number of methoxy groups -OCH3 is 1. The van der Waals surface area contributed by atoms with Crippen molar-refractivity contribution in [1.29, 1.82) is 0 Å². The average molecular weight is 333 g/mol. The number of ether oxygens (including phenoxy) is 2. The molecule has 1 aliphatic carbocycles. The van der Waals surface area contributed by atoms with E-state index in [9.17, 15) is 9.59 Å². The number of anilines is 1. The van der Waals surface area contributed by atoms with Crippen LogP contribution < -0.4 is 20.7 Å². The number of carbonyl (C=O) groups excluding carboxylic acids is 2. The molecule has 7 nitrogen and oxygen atoms in total. The van der Waals surface area contributed by atoms with Crippen molar-refractivity contribution in [2.75, 3.05) is 32.2 Å². The maximum atomic E-state index is 12.1. The van der Waals surface area contributed by atoms with E-state index < -0.39 is 0 Å². The minimum atomic E-state index is -0.319. The van der Waals surface area contributed by atoms with E-state index in [1.807, 2.05) is 0 Å². The molecule has 1 aliphatic heterocycles. The summed E-state index contributed by atoms with van der Waals surface area (Å²) in [7, 11) is 1.53. The number of hydrogen-bond donors (Lipinski definition) is 3. The number of hydrogen-bond acceptors (Lipinski definition) is 4. The molecule has 0 aromatic heterocycles. The largest absolute Gasteiger partial charge is 0.495 e. The van der Waals surface area contributed by atoms with Crippen molar-refractivity contribution >= 4 is 17.6 Å². The Hall–Kier alpha value is -2.28. The molecule has 1 aromatic carbocycles. The summed E-state index contributed by atoms with van der Waals surface area (Å²) in [6.45, 7) is 2.00. The molecule has 1 saturated heterocycles. The van der Waals surface area contributed by atoms with Crippen LogP contribution in [0.1, 0.15) is 29.6 Å². The van der Waals surface area contributed by atoms with Gasteiger partial charge in [0.1, 0.15) is 5.75 Å². The van der Waals surface area contributed by atoms with E-state index in [1.54, 1.807) is 18.2 Å². The Balaban J connectivity index is 1.61. The van der Waals surface area contributed by atoms with Crippen LogP contribution in [-0.2, 0) is 4.74 Å². The molecule has 1 aromatic rings. The number of nitrogens with one attached hydrogen (secondary N) is 3. The van der Waals surface area contributed by atoms with Gasteiger partial charge in [-0.1, -0.05) is 0 Å². The fourth-order valence-electron chi connectivity index (χ4n) is 2.59. The van der Waals surface area contributed by atoms with Gasteiger partial charge >= 0.3 is 6.03 Å². The Bertz CT molecular complexity index is 610. The molecule has 0 radical (unpaired) electrons. The minimum absolute atomic E-state index is 0.133. The molecule has 1 atom stereocenters. The predicted octanol–water partition coefficient (Wildman–Crippen LogP) is 1.75. The van der Waals surface area contributed by atoms with Gasteiger partial charge in [0.15, 0.2) is 0 Å². The predicted molar refractivity (Wildman–Crippen MR) is 89.4 cm³/mol. The van der Waals surface area contributed by atoms with E-state index in [-0.39, 0.29) is 18.0 Å². The molecule has 7 heteroatoms. The highest BCUT2D eigenvalue weighted by molar-refractivity contribution is 5.98. The summed E-state index contributed by atoms with van der Waals surface area (Å²) in [5, 5.41) is 8.51. The van der Waals surface area contributed by atoms with Crippen molar-refractivity contribution in [3.05, 3.63) is 23.8 Å². The first-order valence-electron chi connectivity index (χ1n) is 8.27. The maximum Gasteiger partial charge on any atom is 0.319 e. The van der Waals surface area contributed by atoms with Crippen LogP contribution in [0.2, 0.25) is 0 Å². The van der Waals surface area contributed by atoms with Crippen LogP contribution in [0.5, 0.6) is 5.75 Å². The molecular weight excluding hydrogens is 310 g/mol. The third kappa shape index (κ3) is 4.38. The third-order valence-electron chi connectivity index (χ3n) is 4.20. The first-order valence-corrected chi connectivity index (χ1v) is 8.27. The molecule has 0 bridgehead atoms. The van der Waals surface area contributed by atoms with E-state index in [4.69, 9.17) is 9.47 Å². The van der Waals surface area contributed by atoms with E-state index in [0.29, 0.717) is 36.1 Å². The summed E-state index contributed by atoms with van der Waals surface area (Å²) in [6.07, 6.45) is 3.01. The Labute approximate surface area is 141 Å². The SMILES string of the molecule is COc1ccc(C(=O)NC2CC2)cc1NC(=O)NC[C@@H]1CCOC1. The van der Waals surface area contributed by atoms with Crippen molar-refractivity contribution in [3.8, 4) is 5.75 Å². The maximum absolute atomic E-state index is 12.1. The lowest BCUT2D eigenvalue weighted by molar-refractivity contribution is 0.0951. The number of benzene rings is 1. The van der Waals surface area contributed by atoms with Crippen LogP contribution in [0.4, 0.5) is 10.5 Å². The summed E-state index contributed by atoms with van der Waals surface area (Å²) in [6, 6.07) is 4.97. The van der Waals surface area contributed by atoms with Gasteiger partial charge in [0, 0.05) is 30.7 Å². The second-order valence-corrected chi connectivity index (χ2v) is 6.23. The van der Waals surface area contributed by atoms with Crippen LogP contribution in [0.3, 0.4) is 0 Å². The van der Waals surface area contributed by atoms with Gasteiger partial charge in [0.05, 0.1) is 19.4 Å². The van der Waals surface area contributed by atoms with Gasteiger partial charge in [-0.3, -0.25) is 4.79 Å². The highest BCUT2D eigenvalue weighted by Crippen LogP contribution is 2.26. The van der Waals surface area contributed by atoms with E-state index in [1.165, 1.54) is 7.11 Å². The Morgan fingerprint density at radius 2 is 2.12 bits per heavy atom. The number of amides is 3. The smallest absolute Gasteiger partial charge is 0.319 e. The van der Waals surface area contributed by atoms with Crippen molar-refractivity contribution < 1.29 is 19.1 Å². The second kappa shape index (κ2) is 7.53. The lowest BCUT2D eigenvalue weighted by atomic mass is 10.1. The normalized spacial score (nSPS) is 19.6. The minimum Gasteiger partial charge on any atom is -0.495 e. The van der Waals surface area contributed by atoms with Gasteiger partial charge in [0.25, 0.3) is 5.91 Å². The van der Waals surface area contributed by atoms with Crippen molar-refractivity contribution in [1.82, 2.24) is 10.6 Å². The fourth-order valence-corrected chi connectivity index (χ4v) is 2.59. The molecule has 3 rings (SSSR count). The summed E-state index contributed by atoms with van der Waals surface area (Å²) >= 11 is 0. The van der Waals surface area contributed by atoms with Crippen LogP contribution >= 0.6 is 0 Å². The molecule has 24 heavy (non-hydrogen) atoms. The molecule has 3 N–H and O–H groups in total. The number of carbonyl (C=O) groups is 2. The first-order chi connectivity index (χ1) is 11.7. The molecule has 3 amide bonds. The quantitative estimate of drug-likeness (QED) is 0.740. The summed E-state index contributed by atoms with van der Waals surface area (Å²) in [5.41, 5.74) is 0.975. The number of rotatable bonds is 6. The Morgan fingerprint density at radius 3 is 2.79 bits per heavy atom. The highest BCUT2D eigenvalue weighted by Gasteiger charge is 2.24. The van der Waals surface area contributed by atoms with Gasteiger partial charge in [-0.15, -0.1) is 0 Å². The zero-order chi connectivity index (χ0) is 16.9. The molecule has 2 aliphatic rings. The lowest BCUT2D eigenvalue weighted by Crippen LogP contribution is -2.33. The zero-order valence-electron chi connectivity index (χ0n) is 13.8. The molecular formula is C17H23N3O4. The van der Waals surface area contributed by atoms with Crippen LogP contribution in [0.25, 0.3) is 0 Å². The fraction of sp³-hybridized carbons (Fsp3) is 0.529. The summed E-state index contributed by atoms with van der Waals surface area (Å²) < 4.78 is 10.5. The van der Waals surface area contributed by atoms with E-state index in [2.05, 4.69) is 16.0 Å². The molecule has 2 fully saturated rings. The molecule has 1 saturated carbocycles. The van der Waals surface area contributed by atoms with E-state index >= 15 is 0 Å². The molecule has 0 spiro atoms. The Morgan fingerprint density at radius 1 is 1.29 bits per heavy atom. The first kappa shape index (κ1) is 16.6. The zero-order valence-corrected chi connectivity index (χ0v) is 13.8. The lowest BCUT2D eigenvalue weighted by Gasteiger charge is -2.14. The monoisotopic (exact) mass is 333 g/mol. The van der Waals surface area contributed by atoms with Crippen molar-refractivity contribution in [2.24, 2.45) is 5.92 Å². The second-order valence-electron chi connectivity index (χ2n) is 6.23.